The molecule has 0 radical (unpaired) electrons. The van der Waals surface area contributed by atoms with Crippen LogP contribution in [0, 0.1) is 17.0 Å². The fourth-order valence-corrected chi connectivity index (χ4v) is 1.23. The Morgan fingerprint density at radius 1 is 1.53 bits per heavy atom. The Balaban J connectivity index is 2.76. The first-order chi connectivity index (χ1) is 7.15. The number of benzene rings is 1. The number of hydrogen-bond donors (Lipinski definition) is 1. The summed E-state index contributed by atoms with van der Waals surface area (Å²) >= 11 is 4.06. The molecule has 0 aliphatic heterocycles. The summed E-state index contributed by atoms with van der Waals surface area (Å²) in [5.74, 6) is 1.32. The van der Waals surface area contributed by atoms with Crippen molar-refractivity contribution in [3.63, 3.8) is 0 Å². The second-order valence-corrected chi connectivity index (χ2v) is 3.58. The van der Waals surface area contributed by atoms with E-state index in [1.54, 1.807) is 6.07 Å². The summed E-state index contributed by atoms with van der Waals surface area (Å²) in [4.78, 5) is 10.1. The van der Waals surface area contributed by atoms with Gasteiger partial charge >= 0.3 is 0 Å². The van der Waals surface area contributed by atoms with E-state index in [1.807, 2.05) is 6.92 Å². The number of ether oxygens (including phenoxy) is 1. The average Bonchev–Trinajstić information content (AvgIpc) is 2.20. The lowest BCUT2D eigenvalue weighted by Gasteiger charge is -2.07. The van der Waals surface area contributed by atoms with Crippen LogP contribution in [0.3, 0.4) is 0 Å². The van der Waals surface area contributed by atoms with Crippen molar-refractivity contribution in [2.75, 3.05) is 12.4 Å². The number of nitro groups is 1. The van der Waals surface area contributed by atoms with Crippen molar-refractivity contribution >= 4 is 18.3 Å². The third kappa shape index (κ3) is 3.43. The van der Waals surface area contributed by atoms with Crippen LogP contribution < -0.4 is 4.74 Å². The third-order valence-corrected chi connectivity index (χ3v) is 2.26. The monoisotopic (exact) mass is 227 g/mol. The number of aryl methyl sites for hydroxylation is 1. The molecule has 0 fully saturated rings. The molecule has 0 bridgehead atoms. The largest absolute Gasteiger partial charge is 0.493 e. The van der Waals surface area contributed by atoms with E-state index in [1.165, 1.54) is 12.1 Å². The van der Waals surface area contributed by atoms with Gasteiger partial charge in [-0.3, -0.25) is 10.1 Å². The summed E-state index contributed by atoms with van der Waals surface area (Å²) in [5.41, 5.74) is 0.959. The first kappa shape index (κ1) is 11.8. The molecular formula is C10H13NO3S. The zero-order chi connectivity index (χ0) is 11.3. The van der Waals surface area contributed by atoms with Crippen molar-refractivity contribution in [2.45, 2.75) is 13.3 Å². The lowest BCUT2D eigenvalue weighted by Crippen LogP contribution is -2.00. The highest BCUT2D eigenvalue weighted by molar-refractivity contribution is 7.80. The predicted molar refractivity (Wildman–Crippen MR) is 61.8 cm³/mol. The highest BCUT2D eigenvalue weighted by Crippen LogP contribution is 2.23. The van der Waals surface area contributed by atoms with Crippen LogP contribution in [0.15, 0.2) is 18.2 Å². The summed E-state index contributed by atoms with van der Waals surface area (Å²) < 4.78 is 5.41. The molecule has 0 saturated heterocycles. The molecule has 0 aliphatic carbocycles. The summed E-state index contributed by atoms with van der Waals surface area (Å²) in [6, 6.07) is 4.61. The fourth-order valence-electron chi connectivity index (χ4n) is 1.10. The molecule has 0 amide bonds. The molecule has 15 heavy (non-hydrogen) atoms. The van der Waals surface area contributed by atoms with Gasteiger partial charge in [0.2, 0.25) is 0 Å². The van der Waals surface area contributed by atoms with E-state index in [0.29, 0.717) is 12.4 Å². The van der Waals surface area contributed by atoms with Crippen LogP contribution in [0.1, 0.15) is 12.0 Å². The Morgan fingerprint density at radius 2 is 2.27 bits per heavy atom. The van der Waals surface area contributed by atoms with Gasteiger partial charge in [-0.25, -0.2) is 0 Å². The summed E-state index contributed by atoms with van der Waals surface area (Å²) in [6.07, 6.45) is 0.825. The molecule has 82 valence electrons. The Kier molecular flexibility index (Phi) is 4.42. The standard InChI is InChI=1S/C10H13NO3S/c1-8-3-4-9(11(12)13)7-10(8)14-5-2-6-15/h3-4,7,15H,2,5-6H2,1H3. The lowest BCUT2D eigenvalue weighted by molar-refractivity contribution is -0.384. The minimum absolute atomic E-state index is 0.0569. The molecule has 5 heteroatoms. The van der Waals surface area contributed by atoms with Gasteiger partial charge in [-0.1, -0.05) is 0 Å². The number of rotatable bonds is 5. The van der Waals surface area contributed by atoms with E-state index in [0.717, 1.165) is 17.7 Å². The molecule has 0 aliphatic rings. The molecule has 1 aromatic carbocycles. The second kappa shape index (κ2) is 5.60. The first-order valence-electron chi connectivity index (χ1n) is 4.64. The predicted octanol–water partition coefficient (Wildman–Crippen LogP) is 2.60. The molecule has 0 N–H and O–H groups in total. The van der Waals surface area contributed by atoms with E-state index < -0.39 is 4.92 Å². The van der Waals surface area contributed by atoms with Gasteiger partial charge in [0.05, 0.1) is 17.6 Å². The lowest BCUT2D eigenvalue weighted by atomic mass is 10.2. The van der Waals surface area contributed by atoms with Crippen LogP contribution in [0.2, 0.25) is 0 Å². The van der Waals surface area contributed by atoms with Gasteiger partial charge in [-0.05, 0) is 30.7 Å². The molecule has 1 rings (SSSR count). The summed E-state index contributed by atoms with van der Waals surface area (Å²) in [7, 11) is 0. The molecular weight excluding hydrogens is 214 g/mol. The highest BCUT2D eigenvalue weighted by Gasteiger charge is 2.08. The van der Waals surface area contributed by atoms with Gasteiger partial charge in [0, 0.05) is 6.07 Å². The van der Waals surface area contributed by atoms with Crippen molar-refractivity contribution in [3.8, 4) is 5.75 Å². The maximum Gasteiger partial charge on any atom is 0.273 e. The van der Waals surface area contributed by atoms with Crippen molar-refractivity contribution < 1.29 is 9.66 Å². The summed E-state index contributed by atoms with van der Waals surface area (Å²) in [5, 5.41) is 10.5. The van der Waals surface area contributed by atoms with Crippen molar-refractivity contribution in [3.05, 3.63) is 33.9 Å². The molecule has 0 heterocycles. The quantitative estimate of drug-likeness (QED) is 0.364. The topological polar surface area (TPSA) is 52.4 Å². The maximum absolute atomic E-state index is 10.5. The third-order valence-electron chi connectivity index (χ3n) is 1.94. The Labute approximate surface area is 93.8 Å². The van der Waals surface area contributed by atoms with Crippen LogP contribution >= 0.6 is 12.6 Å². The maximum atomic E-state index is 10.5. The number of non-ortho nitro benzene ring substituents is 1. The number of hydrogen-bond acceptors (Lipinski definition) is 4. The zero-order valence-corrected chi connectivity index (χ0v) is 9.37. The van der Waals surface area contributed by atoms with Crippen molar-refractivity contribution in [1.82, 2.24) is 0 Å². The zero-order valence-electron chi connectivity index (χ0n) is 8.47. The van der Waals surface area contributed by atoms with E-state index in [2.05, 4.69) is 12.6 Å². The van der Waals surface area contributed by atoms with Crippen LogP contribution in [0.4, 0.5) is 5.69 Å². The number of nitro benzene ring substituents is 1. The molecule has 0 atom stereocenters. The Morgan fingerprint density at radius 3 is 2.87 bits per heavy atom. The Bertz CT molecular complexity index is 355. The number of thiol groups is 1. The van der Waals surface area contributed by atoms with Gasteiger partial charge in [0.15, 0.2) is 0 Å². The van der Waals surface area contributed by atoms with Crippen LogP contribution in [0.25, 0.3) is 0 Å². The molecule has 4 nitrogen and oxygen atoms in total. The molecule has 1 aromatic rings. The minimum Gasteiger partial charge on any atom is -0.493 e. The molecule has 0 unspecified atom stereocenters. The van der Waals surface area contributed by atoms with Crippen LogP contribution in [0.5, 0.6) is 5.75 Å². The van der Waals surface area contributed by atoms with Gasteiger partial charge in [0.1, 0.15) is 5.75 Å². The van der Waals surface area contributed by atoms with Crippen molar-refractivity contribution in [2.24, 2.45) is 0 Å². The van der Waals surface area contributed by atoms with Gasteiger partial charge in [-0.15, -0.1) is 0 Å². The Hall–Kier alpha value is -1.23. The molecule has 0 aromatic heterocycles. The smallest absolute Gasteiger partial charge is 0.273 e. The normalized spacial score (nSPS) is 10.0. The van der Waals surface area contributed by atoms with Crippen molar-refractivity contribution in [1.29, 1.82) is 0 Å². The average molecular weight is 227 g/mol. The van der Waals surface area contributed by atoms with E-state index in [-0.39, 0.29) is 5.69 Å². The fraction of sp³-hybridized carbons (Fsp3) is 0.400. The summed E-state index contributed by atoms with van der Waals surface area (Å²) in [6.45, 7) is 2.39. The van der Waals surface area contributed by atoms with E-state index in [4.69, 9.17) is 4.74 Å². The van der Waals surface area contributed by atoms with Gasteiger partial charge in [0.25, 0.3) is 5.69 Å². The highest BCUT2D eigenvalue weighted by atomic mass is 32.1. The SMILES string of the molecule is Cc1ccc([N+](=O)[O-])cc1OCCCS. The van der Waals surface area contributed by atoms with Crippen LogP contribution in [-0.2, 0) is 0 Å². The molecule has 0 saturated carbocycles. The minimum atomic E-state index is -0.426. The second-order valence-electron chi connectivity index (χ2n) is 3.13. The first-order valence-corrected chi connectivity index (χ1v) is 5.27. The van der Waals surface area contributed by atoms with E-state index >= 15 is 0 Å². The van der Waals surface area contributed by atoms with Crippen LogP contribution in [-0.4, -0.2) is 17.3 Å². The molecule has 0 spiro atoms. The van der Waals surface area contributed by atoms with Gasteiger partial charge < -0.3 is 4.74 Å². The number of nitrogens with zero attached hydrogens (tertiary/aromatic N) is 1. The van der Waals surface area contributed by atoms with Gasteiger partial charge in [-0.2, -0.15) is 12.6 Å². The van der Waals surface area contributed by atoms with E-state index in [9.17, 15) is 10.1 Å².